The summed E-state index contributed by atoms with van der Waals surface area (Å²) in [5, 5.41) is 0. The molecule has 0 heterocycles. The number of carbonyl (C=O) groups is 1. The summed E-state index contributed by atoms with van der Waals surface area (Å²) in [5.74, 6) is -0.0331. The molecule has 0 unspecified atom stereocenters. The lowest BCUT2D eigenvalue weighted by Gasteiger charge is -2.26. The van der Waals surface area contributed by atoms with Crippen molar-refractivity contribution in [2.24, 2.45) is 10.8 Å². The van der Waals surface area contributed by atoms with Crippen molar-refractivity contribution >= 4 is 5.97 Å². The highest BCUT2D eigenvalue weighted by Gasteiger charge is 2.47. The van der Waals surface area contributed by atoms with E-state index < -0.39 is 0 Å². The fraction of sp³-hybridized carbons (Fsp3) is 0.929. The Kier molecular flexibility index (Phi) is 3.42. The number of hydrogen-bond donors (Lipinski definition) is 0. The molecule has 0 saturated heterocycles. The van der Waals surface area contributed by atoms with Gasteiger partial charge in [0.1, 0.15) is 5.60 Å². The van der Waals surface area contributed by atoms with Gasteiger partial charge < -0.3 is 4.74 Å². The first kappa shape index (κ1) is 13.5. The van der Waals surface area contributed by atoms with E-state index in [9.17, 15) is 4.79 Å². The molecule has 1 rings (SSSR count). The van der Waals surface area contributed by atoms with E-state index in [1.807, 2.05) is 20.8 Å². The van der Waals surface area contributed by atoms with Crippen molar-refractivity contribution in [3.63, 3.8) is 0 Å². The van der Waals surface area contributed by atoms with Gasteiger partial charge in [0.15, 0.2) is 0 Å². The highest BCUT2D eigenvalue weighted by Crippen LogP contribution is 2.56. The van der Waals surface area contributed by atoms with Crippen LogP contribution >= 0.6 is 0 Å². The molecule has 0 atom stereocenters. The molecule has 2 nitrogen and oxygen atoms in total. The lowest BCUT2D eigenvalue weighted by Crippen LogP contribution is -2.26. The van der Waals surface area contributed by atoms with Crippen LogP contribution in [0.1, 0.15) is 67.2 Å². The summed E-state index contributed by atoms with van der Waals surface area (Å²) < 4.78 is 5.39. The number of esters is 1. The molecule has 0 aliphatic heterocycles. The SMILES string of the molecule is CC(C)(C)CC1(CC(=O)OC(C)(C)C)CC1. The van der Waals surface area contributed by atoms with E-state index in [-0.39, 0.29) is 17.0 Å². The van der Waals surface area contributed by atoms with Gasteiger partial charge in [0.05, 0.1) is 6.42 Å². The van der Waals surface area contributed by atoms with Crippen molar-refractivity contribution in [3.05, 3.63) is 0 Å². The Bertz CT molecular complexity index is 261. The predicted octanol–water partition coefficient (Wildman–Crippen LogP) is 3.93. The first-order valence-electron chi connectivity index (χ1n) is 6.23. The molecule has 1 fully saturated rings. The maximum Gasteiger partial charge on any atom is 0.306 e. The Morgan fingerprint density at radius 1 is 1.12 bits per heavy atom. The predicted molar refractivity (Wildman–Crippen MR) is 66.2 cm³/mol. The molecule has 0 bridgehead atoms. The molecular formula is C14H26O2. The summed E-state index contributed by atoms with van der Waals surface area (Å²) in [5.41, 5.74) is 0.202. The molecule has 0 amide bonds. The molecule has 0 N–H and O–H groups in total. The first-order valence-corrected chi connectivity index (χ1v) is 6.23. The molecule has 0 radical (unpaired) electrons. The molecule has 16 heavy (non-hydrogen) atoms. The Labute approximate surface area is 99.8 Å². The monoisotopic (exact) mass is 226 g/mol. The number of ether oxygens (including phenoxy) is 1. The zero-order valence-corrected chi connectivity index (χ0v) is 11.6. The van der Waals surface area contributed by atoms with E-state index in [0.29, 0.717) is 11.8 Å². The highest BCUT2D eigenvalue weighted by molar-refractivity contribution is 5.71. The number of hydrogen-bond acceptors (Lipinski definition) is 2. The van der Waals surface area contributed by atoms with Gasteiger partial charge >= 0.3 is 5.97 Å². The molecule has 0 spiro atoms. The average Bonchev–Trinajstić information content (AvgIpc) is 2.58. The third-order valence-electron chi connectivity index (χ3n) is 2.80. The van der Waals surface area contributed by atoms with Crippen LogP contribution in [0.25, 0.3) is 0 Å². The average molecular weight is 226 g/mol. The topological polar surface area (TPSA) is 26.3 Å². The second-order valence-electron chi connectivity index (χ2n) is 7.50. The Hall–Kier alpha value is -0.530. The second-order valence-corrected chi connectivity index (χ2v) is 7.50. The zero-order chi connectivity index (χ0) is 12.6. The summed E-state index contributed by atoms with van der Waals surface area (Å²) >= 11 is 0. The molecule has 0 aromatic carbocycles. The van der Waals surface area contributed by atoms with E-state index in [0.717, 1.165) is 6.42 Å². The van der Waals surface area contributed by atoms with Gasteiger partial charge in [0, 0.05) is 0 Å². The van der Waals surface area contributed by atoms with Crippen LogP contribution in [0.15, 0.2) is 0 Å². The van der Waals surface area contributed by atoms with Crippen molar-refractivity contribution in [1.82, 2.24) is 0 Å². The minimum atomic E-state index is -0.352. The zero-order valence-electron chi connectivity index (χ0n) is 11.6. The van der Waals surface area contributed by atoms with Crippen molar-refractivity contribution in [2.45, 2.75) is 72.8 Å². The fourth-order valence-corrected chi connectivity index (χ4v) is 2.40. The van der Waals surface area contributed by atoms with E-state index in [4.69, 9.17) is 4.74 Å². The van der Waals surface area contributed by atoms with E-state index in [1.54, 1.807) is 0 Å². The first-order chi connectivity index (χ1) is 7.02. The second kappa shape index (κ2) is 4.05. The summed E-state index contributed by atoms with van der Waals surface area (Å²) in [7, 11) is 0. The molecule has 0 aromatic rings. The smallest absolute Gasteiger partial charge is 0.306 e. The van der Waals surface area contributed by atoms with Gasteiger partial charge in [-0.1, -0.05) is 20.8 Å². The highest BCUT2D eigenvalue weighted by atomic mass is 16.6. The third-order valence-corrected chi connectivity index (χ3v) is 2.80. The van der Waals surface area contributed by atoms with Gasteiger partial charge in [0.25, 0.3) is 0 Å². The van der Waals surface area contributed by atoms with Crippen LogP contribution in [-0.4, -0.2) is 11.6 Å². The van der Waals surface area contributed by atoms with Gasteiger partial charge in [-0.3, -0.25) is 4.79 Å². The van der Waals surface area contributed by atoms with Crippen LogP contribution in [0.2, 0.25) is 0 Å². The maximum atomic E-state index is 11.8. The van der Waals surface area contributed by atoms with Gasteiger partial charge in [-0.05, 0) is 50.9 Å². The minimum absolute atomic E-state index is 0.0331. The van der Waals surface area contributed by atoms with Crippen LogP contribution in [0.4, 0.5) is 0 Å². The van der Waals surface area contributed by atoms with Crippen molar-refractivity contribution in [1.29, 1.82) is 0 Å². The van der Waals surface area contributed by atoms with Crippen LogP contribution in [0.5, 0.6) is 0 Å². The van der Waals surface area contributed by atoms with E-state index in [2.05, 4.69) is 20.8 Å². The molecule has 0 aromatic heterocycles. The Morgan fingerprint density at radius 3 is 1.94 bits per heavy atom. The maximum absolute atomic E-state index is 11.8. The van der Waals surface area contributed by atoms with E-state index >= 15 is 0 Å². The normalized spacial score (nSPS) is 19.4. The summed E-state index contributed by atoms with van der Waals surface area (Å²) in [6, 6.07) is 0. The largest absolute Gasteiger partial charge is 0.460 e. The Balaban J connectivity index is 2.45. The molecule has 94 valence electrons. The summed E-state index contributed by atoms with van der Waals surface area (Å²) in [4.78, 5) is 11.8. The van der Waals surface area contributed by atoms with Gasteiger partial charge in [-0.2, -0.15) is 0 Å². The van der Waals surface area contributed by atoms with Crippen LogP contribution in [0.3, 0.4) is 0 Å². The summed E-state index contributed by atoms with van der Waals surface area (Å²) in [6.07, 6.45) is 4.09. The van der Waals surface area contributed by atoms with Crippen molar-refractivity contribution < 1.29 is 9.53 Å². The standard InChI is InChI=1S/C14H26O2/c1-12(2,3)10-14(7-8-14)9-11(15)16-13(4,5)6/h7-10H2,1-6H3. The van der Waals surface area contributed by atoms with E-state index in [1.165, 1.54) is 12.8 Å². The molecule has 1 aliphatic rings. The number of carbonyl (C=O) groups excluding carboxylic acids is 1. The van der Waals surface area contributed by atoms with Crippen LogP contribution < -0.4 is 0 Å². The Morgan fingerprint density at radius 2 is 1.62 bits per heavy atom. The minimum Gasteiger partial charge on any atom is -0.460 e. The van der Waals surface area contributed by atoms with Crippen molar-refractivity contribution in [2.75, 3.05) is 0 Å². The number of rotatable bonds is 3. The van der Waals surface area contributed by atoms with Gasteiger partial charge in [-0.25, -0.2) is 0 Å². The van der Waals surface area contributed by atoms with Crippen LogP contribution in [-0.2, 0) is 9.53 Å². The van der Waals surface area contributed by atoms with Gasteiger partial charge in [-0.15, -0.1) is 0 Å². The van der Waals surface area contributed by atoms with Crippen LogP contribution in [0, 0.1) is 10.8 Å². The molecule has 1 aliphatic carbocycles. The van der Waals surface area contributed by atoms with Gasteiger partial charge in [0.2, 0.25) is 0 Å². The molecule has 1 saturated carbocycles. The lowest BCUT2D eigenvalue weighted by atomic mass is 9.81. The summed E-state index contributed by atoms with van der Waals surface area (Å²) in [6.45, 7) is 12.5. The fourth-order valence-electron chi connectivity index (χ4n) is 2.40. The molecular weight excluding hydrogens is 200 g/mol. The third kappa shape index (κ3) is 5.00. The lowest BCUT2D eigenvalue weighted by molar-refractivity contribution is -0.156. The quantitative estimate of drug-likeness (QED) is 0.681. The molecule has 2 heteroatoms. The van der Waals surface area contributed by atoms with Crippen molar-refractivity contribution in [3.8, 4) is 0 Å².